The molecule has 2 aromatic heterocycles. The zero-order valence-corrected chi connectivity index (χ0v) is 16.4. The van der Waals surface area contributed by atoms with E-state index < -0.39 is 0 Å². The second-order valence-corrected chi connectivity index (χ2v) is 7.56. The van der Waals surface area contributed by atoms with E-state index in [1.165, 1.54) is 30.7 Å². The van der Waals surface area contributed by atoms with Crippen LogP contribution in [0, 0.1) is 5.92 Å². The first-order valence-corrected chi connectivity index (χ1v) is 10.3. The van der Waals surface area contributed by atoms with Crippen LogP contribution in [0.5, 0.6) is 11.6 Å². The number of para-hydroxylation sites is 1. The van der Waals surface area contributed by atoms with E-state index in [-0.39, 0.29) is 0 Å². The van der Waals surface area contributed by atoms with Gasteiger partial charge in [0.15, 0.2) is 0 Å². The third-order valence-electron chi connectivity index (χ3n) is 4.68. The molecular formula is C21H23N5OS. The van der Waals surface area contributed by atoms with Crippen molar-refractivity contribution in [1.29, 1.82) is 0 Å². The Morgan fingerprint density at radius 1 is 1.14 bits per heavy atom. The highest BCUT2D eigenvalue weighted by atomic mass is 32.1. The third kappa shape index (κ3) is 4.81. The summed E-state index contributed by atoms with van der Waals surface area (Å²) in [4.78, 5) is 12.5. The lowest BCUT2D eigenvalue weighted by atomic mass is 10.2. The van der Waals surface area contributed by atoms with Crippen molar-refractivity contribution in [2.24, 2.45) is 10.9 Å². The molecule has 1 aliphatic carbocycles. The first-order valence-electron chi connectivity index (χ1n) is 9.38. The summed E-state index contributed by atoms with van der Waals surface area (Å²) in [6.07, 6.45) is 4.61. The number of aromatic nitrogens is 2. The van der Waals surface area contributed by atoms with E-state index in [0.29, 0.717) is 11.0 Å². The lowest BCUT2D eigenvalue weighted by Gasteiger charge is -2.07. The van der Waals surface area contributed by atoms with Gasteiger partial charge in [-0.15, -0.1) is 11.3 Å². The van der Waals surface area contributed by atoms with E-state index in [0.717, 1.165) is 35.6 Å². The van der Waals surface area contributed by atoms with Gasteiger partial charge in [-0.05, 0) is 49.7 Å². The summed E-state index contributed by atoms with van der Waals surface area (Å²) in [6.45, 7) is 5.71. The minimum atomic E-state index is 0.527. The number of thiazole rings is 1. The van der Waals surface area contributed by atoms with Gasteiger partial charge in [0, 0.05) is 30.8 Å². The van der Waals surface area contributed by atoms with Crippen LogP contribution in [-0.4, -0.2) is 35.9 Å². The molecule has 2 N–H and O–H groups in total. The van der Waals surface area contributed by atoms with Gasteiger partial charge in [-0.3, -0.25) is 0 Å². The molecule has 2 fully saturated rings. The molecule has 0 radical (unpaired) electrons. The van der Waals surface area contributed by atoms with Crippen molar-refractivity contribution in [3.63, 3.8) is 0 Å². The van der Waals surface area contributed by atoms with Crippen molar-refractivity contribution < 1.29 is 4.74 Å². The van der Waals surface area contributed by atoms with E-state index in [9.17, 15) is 0 Å². The summed E-state index contributed by atoms with van der Waals surface area (Å²) in [6, 6.07) is 14.1. The summed E-state index contributed by atoms with van der Waals surface area (Å²) in [7, 11) is 0. The first kappa shape index (κ1) is 18.7. The van der Waals surface area contributed by atoms with Crippen molar-refractivity contribution >= 4 is 23.2 Å². The van der Waals surface area contributed by atoms with Gasteiger partial charge in [-0.2, -0.15) is 0 Å². The standard InChI is InChI=1S/C15H11N3OS.C6H12N2/c1-16-15-18-13(10-20-15)12-8-5-9-17-14(12)19-11-6-3-2-4-7-11;1-2-5(1)6-3-7-4-8-6/h2-10H,1H2;5-8H,1-4H2. The van der Waals surface area contributed by atoms with Crippen molar-refractivity contribution in [3.05, 3.63) is 54.0 Å². The average molecular weight is 394 g/mol. The van der Waals surface area contributed by atoms with Crippen LogP contribution in [0.1, 0.15) is 12.8 Å². The fourth-order valence-electron chi connectivity index (χ4n) is 3.06. The Labute approximate surface area is 168 Å². The molecule has 0 bridgehead atoms. The molecule has 1 saturated heterocycles. The molecule has 1 aromatic carbocycles. The largest absolute Gasteiger partial charge is 0.438 e. The average Bonchev–Trinajstić information content (AvgIpc) is 3.25. The quantitative estimate of drug-likeness (QED) is 0.634. The molecule has 0 spiro atoms. The molecule has 5 rings (SSSR count). The first-order chi connectivity index (χ1) is 13.8. The number of hydrogen-bond donors (Lipinski definition) is 2. The van der Waals surface area contributed by atoms with Gasteiger partial charge in [0.05, 0.1) is 11.3 Å². The zero-order valence-electron chi connectivity index (χ0n) is 15.5. The van der Waals surface area contributed by atoms with Crippen LogP contribution in [0.2, 0.25) is 0 Å². The fourth-order valence-corrected chi connectivity index (χ4v) is 3.69. The van der Waals surface area contributed by atoms with Crippen LogP contribution in [0.25, 0.3) is 11.3 Å². The van der Waals surface area contributed by atoms with Crippen LogP contribution < -0.4 is 15.4 Å². The van der Waals surface area contributed by atoms with Crippen molar-refractivity contribution in [2.75, 3.05) is 13.2 Å². The smallest absolute Gasteiger partial charge is 0.228 e. The Morgan fingerprint density at radius 3 is 2.68 bits per heavy atom. The van der Waals surface area contributed by atoms with Crippen LogP contribution in [0.15, 0.2) is 59.0 Å². The third-order valence-corrected chi connectivity index (χ3v) is 5.45. The molecule has 144 valence electrons. The Kier molecular flexibility index (Phi) is 6.06. The predicted octanol–water partition coefficient (Wildman–Crippen LogP) is 4.24. The van der Waals surface area contributed by atoms with Crippen LogP contribution in [-0.2, 0) is 0 Å². The maximum absolute atomic E-state index is 5.81. The summed E-state index contributed by atoms with van der Waals surface area (Å²) in [5.41, 5.74) is 1.62. The summed E-state index contributed by atoms with van der Waals surface area (Å²) in [5, 5.41) is 9.24. The molecular weight excluding hydrogens is 370 g/mol. The second kappa shape index (κ2) is 9.05. The second-order valence-electron chi connectivity index (χ2n) is 6.72. The molecule has 1 aliphatic heterocycles. The monoisotopic (exact) mass is 393 g/mol. The Morgan fingerprint density at radius 2 is 2.00 bits per heavy atom. The number of pyridine rings is 1. The maximum atomic E-state index is 5.81. The number of aliphatic imine (C=N–C) groups is 1. The fraction of sp³-hybridized carbons (Fsp3) is 0.286. The summed E-state index contributed by atoms with van der Waals surface area (Å²) < 4.78 is 5.81. The highest BCUT2D eigenvalue weighted by Gasteiger charge is 2.32. The lowest BCUT2D eigenvalue weighted by Crippen LogP contribution is -2.25. The lowest BCUT2D eigenvalue weighted by molar-refractivity contribution is 0.465. The Bertz CT molecular complexity index is 904. The van der Waals surface area contributed by atoms with Crippen LogP contribution in [0.3, 0.4) is 0 Å². The number of ether oxygens (including phenoxy) is 1. The van der Waals surface area contributed by atoms with Gasteiger partial charge >= 0.3 is 0 Å². The maximum Gasteiger partial charge on any atom is 0.228 e. The normalized spacial score (nSPS) is 18.2. The number of rotatable bonds is 5. The predicted molar refractivity (Wildman–Crippen MR) is 114 cm³/mol. The minimum absolute atomic E-state index is 0.527. The molecule has 28 heavy (non-hydrogen) atoms. The van der Waals surface area contributed by atoms with Gasteiger partial charge in [-0.1, -0.05) is 18.2 Å². The van der Waals surface area contributed by atoms with Gasteiger partial charge in [0.25, 0.3) is 0 Å². The van der Waals surface area contributed by atoms with Crippen LogP contribution >= 0.6 is 11.3 Å². The molecule has 0 amide bonds. The van der Waals surface area contributed by atoms with E-state index >= 15 is 0 Å². The van der Waals surface area contributed by atoms with Gasteiger partial charge in [-0.25, -0.2) is 15.0 Å². The molecule has 7 heteroatoms. The van der Waals surface area contributed by atoms with E-state index in [1.807, 2.05) is 47.8 Å². The summed E-state index contributed by atoms with van der Waals surface area (Å²) >= 11 is 1.44. The van der Waals surface area contributed by atoms with Gasteiger partial charge < -0.3 is 15.4 Å². The van der Waals surface area contributed by atoms with Crippen molar-refractivity contribution in [2.45, 2.75) is 18.9 Å². The molecule has 1 saturated carbocycles. The SMILES string of the molecule is C1NCC(C2CC2)N1.C=Nc1nc(-c2cccnc2Oc2ccccc2)cs1. The van der Waals surface area contributed by atoms with E-state index in [4.69, 9.17) is 4.74 Å². The van der Waals surface area contributed by atoms with Crippen molar-refractivity contribution in [1.82, 2.24) is 20.6 Å². The Hall–Kier alpha value is -2.61. The molecule has 3 heterocycles. The van der Waals surface area contributed by atoms with E-state index in [1.54, 1.807) is 6.20 Å². The molecule has 2 aliphatic rings. The summed E-state index contributed by atoms with van der Waals surface area (Å²) in [5.74, 6) is 2.29. The number of hydrogen-bond acceptors (Lipinski definition) is 7. The number of nitrogens with zero attached hydrogens (tertiary/aromatic N) is 3. The molecule has 1 atom stereocenters. The van der Waals surface area contributed by atoms with Crippen molar-refractivity contribution in [3.8, 4) is 22.9 Å². The minimum Gasteiger partial charge on any atom is -0.438 e. The highest BCUT2D eigenvalue weighted by molar-refractivity contribution is 7.13. The Balaban J connectivity index is 0.000000198. The molecule has 1 unspecified atom stereocenters. The van der Waals surface area contributed by atoms with Gasteiger partial charge in [0.2, 0.25) is 11.0 Å². The number of nitrogens with one attached hydrogen (secondary N) is 2. The number of benzene rings is 1. The zero-order chi connectivity index (χ0) is 19.2. The molecule has 6 nitrogen and oxygen atoms in total. The van der Waals surface area contributed by atoms with E-state index in [2.05, 4.69) is 32.3 Å². The highest BCUT2D eigenvalue weighted by Crippen LogP contribution is 2.34. The van der Waals surface area contributed by atoms with Gasteiger partial charge in [0.1, 0.15) is 5.75 Å². The topological polar surface area (TPSA) is 71.4 Å². The van der Waals surface area contributed by atoms with Crippen LogP contribution in [0.4, 0.5) is 5.13 Å². The molecule has 3 aromatic rings.